The van der Waals surface area contributed by atoms with Crippen LogP contribution in [0.2, 0.25) is 0 Å². The van der Waals surface area contributed by atoms with Crippen molar-refractivity contribution in [2.24, 2.45) is 0 Å². The lowest BCUT2D eigenvalue weighted by molar-refractivity contribution is 0.413. The van der Waals surface area contributed by atoms with Crippen LogP contribution in [-0.2, 0) is 0 Å². The van der Waals surface area contributed by atoms with E-state index in [1.54, 1.807) is 31.4 Å². The summed E-state index contributed by atoms with van der Waals surface area (Å²) in [6.07, 6.45) is 0. The van der Waals surface area contributed by atoms with Gasteiger partial charge in [-0.3, -0.25) is 0 Å². The summed E-state index contributed by atoms with van der Waals surface area (Å²) in [6.45, 7) is 0. The monoisotopic (exact) mass is 400 g/mol. The normalized spacial score (nSPS) is 10.3. The molecule has 5 heteroatoms. The topological polar surface area (TPSA) is 57.2 Å². The highest BCUT2D eigenvalue weighted by Gasteiger charge is 2.03. The van der Waals surface area contributed by atoms with Crippen molar-refractivity contribution in [1.82, 2.24) is 0 Å². The van der Waals surface area contributed by atoms with Gasteiger partial charge in [-0.1, -0.05) is 0 Å². The summed E-state index contributed by atoms with van der Waals surface area (Å²) in [6, 6.07) is 28.7. The molecular formula is C25H20O5. The van der Waals surface area contributed by atoms with E-state index in [9.17, 15) is 5.11 Å². The minimum absolute atomic E-state index is 0.200. The number of ether oxygens (including phenoxy) is 4. The second-order valence-corrected chi connectivity index (χ2v) is 6.42. The van der Waals surface area contributed by atoms with Gasteiger partial charge in [0.05, 0.1) is 7.11 Å². The van der Waals surface area contributed by atoms with Gasteiger partial charge >= 0.3 is 0 Å². The summed E-state index contributed by atoms with van der Waals surface area (Å²) < 4.78 is 22.6. The van der Waals surface area contributed by atoms with Gasteiger partial charge in [0.25, 0.3) is 0 Å². The van der Waals surface area contributed by atoms with Crippen LogP contribution in [0.5, 0.6) is 46.0 Å². The standard InChI is InChI=1S/C25H20O5/c1-27-19-6-8-21(9-7-19)29-23-14-16-25(17-15-23)30-24-12-10-22(11-13-24)28-20-4-2-18(26)3-5-20/h2-17,26H,1H3. The lowest BCUT2D eigenvalue weighted by Gasteiger charge is -2.10. The minimum Gasteiger partial charge on any atom is -0.508 e. The van der Waals surface area contributed by atoms with Crippen LogP contribution in [0.25, 0.3) is 0 Å². The SMILES string of the molecule is COc1ccc(Oc2ccc(Oc3ccc(Oc4ccc(O)cc4)cc3)cc2)cc1. The Morgan fingerprint density at radius 3 is 0.900 bits per heavy atom. The van der Waals surface area contributed by atoms with Crippen molar-refractivity contribution >= 4 is 0 Å². The Kier molecular flexibility index (Phi) is 5.71. The molecule has 0 saturated heterocycles. The molecule has 150 valence electrons. The molecule has 0 aliphatic carbocycles. The predicted octanol–water partition coefficient (Wildman–Crippen LogP) is 6.78. The first kappa shape index (κ1) is 19.2. The molecule has 0 aromatic heterocycles. The van der Waals surface area contributed by atoms with Gasteiger partial charge in [-0.15, -0.1) is 0 Å². The van der Waals surface area contributed by atoms with Crippen LogP contribution in [0, 0.1) is 0 Å². The molecule has 0 heterocycles. The number of phenolic OH excluding ortho intramolecular Hbond substituents is 1. The van der Waals surface area contributed by atoms with Crippen molar-refractivity contribution in [3.8, 4) is 46.0 Å². The Morgan fingerprint density at radius 2 is 0.633 bits per heavy atom. The molecule has 5 nitrogen and oxygen atoms in total. The highest BCUT2D eigenvalue weighted by molar-refractivity contribution is 5.41. The zero-order valence-electron chi connectivity index (χ0n) is 16.3. The largest absolute Gasteiger partial charge is 0.508 e. The molecule has 0 spiro atoms. The smallest absolute Gasteiger partial charge is 0.127 e. The Bertz CT molecular complexity index is 1070. The maximum absolute atomic E-state index is 9.33. The molecule has 0 amide bonds. The van der Waals surface area contributed by atoms with Crippen molar-refractivity contribution in [2.75, 3.05) is 7.11 Å². The average molecular weight is 400 g/mol. The quantitative estimate of drug-likeness (QED) is 0.371. The van der Waals surface area contributed by atoms with Crippen LogP contribution in [0.4, 0.5) is 0 Å². The van der Waals surface area contributed by atoms with Gasteiger partial charge in [0.1, 0.15) is 46.0 Å². The third-order valence-electron chi connectivity index (χ3n) is 4.25. The summed E-state index contributed by atoms with van der Waals surface area (Å²) in [5.41, 5.74) is 0. The fourth-order valence-electron chi connectivity index (χ4n) is 2.72. The molecule has 0 bridgehead atoms. The first-order valence-electron chi connectivity index (χ1n) is 9.35. The van der Waals surface area contributed by atoms with Crippen LogP contribution in [-0.4, -0.2) is 12.2 Å². The third-order valence-corrected chi connectivity index (χ3v) is 4.25. The van der Waals surface area contributed by atoms with E-state index in [2.05, 4.69) is 0 Å². The lowest BCUT2D eigenvalue weighted by Crippen LogP contribution is -1.88. The Hall–Kier alpha value is -4.12. The van der Waals surface area contributed by atoms with E-state index >= 15 is 0 Å². The molecule has 0 aliphatic heterocycles. The average Bonchev–Trinajstić information content (AvgIpc) is 2.78. The van der Waals surface area contributed by atoms with Crippen molar-refractivity contribution in [3.63, 3.8) is 0 Å². The predicted molar refractivity (Wildman–Crippen MR) is 114 cm³/mol. The van der Waals surface area contributed by atoms with Gasteiger partial charge < -0.3 is 24.1 Å². The van der Waals surface area contributed by atoms with Gasteiger partial charge in [-0.05, 0) is 97.1 Å². The van der Waals surface area contributed by atoms with Gasteiger partial charge in [0, 0.05) is 0 Å². The van der Waals surface area contributed by atoms with Gasteiger partial charge in [0.15, 0.2) is 0 Å². The number of methoxy groups -OCH3 is 1. The number of phenols is 1. The Balaban J connectivity index is 1.35. The van der Waals surface area contributed by atoms with Crippen LogP contribution in [0.15, 0.2) is 97.1 Å². The maximum Gasteiger partial charge on any atom is 0.127 e. The minimum atomic E-state index is 0.200. The van der Waals surface area contributed by atoms with E-state index < -0.39 is 0 Å². The fraction of sp³-hybridized carbons (Fsp3) is 0.0400. The van der Waals surface area contributed by atoms with Crippen LogP contribution >= 0.6 is 0 Å². The molecule has 0 fully saturated rings. The molecule has 0 atom stereocenters. The van der Waals surface area contributed by atoms with E-state index in [-0.39, 0.29) is 5.75 Å². The molecule has 0 radical (unpaired) electrons. The van der Waals surface area contributed by atoms with Crippen molar-refractivity contribution in [2.45, 2.75) is 0 Å². The van der Waals surface area contributed by atoms with Gasteiger partial charge in [-0.25, -0.2) is 0 Å². The second kappa shape index (κ2) is 8.92. The van der Waals surface area contributed by atoms with E-state index in [4.69, 9.17) is 18.9 Å². The number of hydrogen-bond donors (Lipinski definition) is 1. The van der Waals surface area contributed by atoms with Crippen LogP contribution < -0.4 is 18.9 Å². The zero-order valence-corrected chi connectivity index (χ0v) is 16.3. The first-order valence-corrected chi connectivity index (χ1v) is 9.35. The molecule has 4 rings (SSSR count). The van der Waals surface area contributed by atoms with Crippen LogP contribution in [0.1, 0.15) is 0 Å². The second-order valence-electron chi connectivity index (χ2n) is 6.42. The number of rotatable bonds is 7. The van der Waals surface area contributed by atoms with E-state index in [1.807, 2.05) is 72.8 Å². The fourth-order valence-corrected chi connectivity index (χ4v) is 2.72. The molecular weight excluding hydrogens is 380 g/mol. The van der Waals surface area contributed by atoms with E-state index in [0.717, 1.165) is 11.5 Å². The number of hydrogen-bond acceptors (Lipinski definition) is 5. The highest BCUT2D eigenvalue weighted by atomic mass is 16.5. The molecule has 4 aromatic carbocycles. The maximum atomic E-state index is 9.33. The Morgan fingerprint density at radius 1 is 0.400 bits per heavy atom. The summed E-state index contributed by atoms with van der Waals surface area (Å²) >= 11 is 0. The van der Waals surface area contributed by atoms with Gasteiger partial charge in [-0.2, -0.15) is 0 Å². The van der Waals surface area contributed by atoms with Crippen molar-refractivity contribution in [3.05, 3.63) is 97.1 Å². The molecule has 0 saturated carbocycles. The summed E-state index contributed by atoms with van der Waals surface area (Å²) in [4.78, 5) is 0. The zero-order chi connectivity index (χ0) is 20.8. The summed E-state index contributed by atoms with van der Waals surface area (Å²) in [7, 11) is 1.63. The third kappa shape index (κ3) is 5.02. The highest BCUT2D eigenvalue weighted by Crippen LogP contribution is 2.30. The first-order chi connectivity index (χ1) is 14.7. The molecule has 30 heavy (non-hydrogen) atoms. The summed E-state index contributed by atoms with van der Waals surface area (Å²) in [5, 5.41) is 9.33. The van der Waals surface area contributed by atoms with Gasteiger partial charge in [0.2, 0.25) is 0 Å². The van der Waals surface area contributed by atoms with Crippen LogP contribution in [0.3, 0.4) is 0 Å². The Labute approximate surface area is 174 Å². The van der Waals surface area contributed by atoms with E-state index in [0.29, 0.717) is 28.7 Å². The lowest BCUT2D eigenvalue weighted by atomic mass is 10.3. The van der Waals surface area contributed by atoms with Crippen molar-refractivity contribution < 1.29 is 24.1 Å². The molecule has 1 N–H and O–H groups in total. The summed E-state index contributed by atoms with van der Waals surface area (Å²) in [5.74, 6) is 5.14. The number of aromatic hydroxyl groups is 1. The number of benzene rings is 4. The van der Waals surface area contributed by atoms with E-state index in [1.165, 1.54) is 0 Å². The molecule has 4 aromatic rings. The van der Waals surface area contributed by atoms with Crippen molar-refractivity contribution in [1.29, 1.82) is 0 Å². The molecule has 0 unspecified atom stereocenters. The molecule has 0 aliphatic rings.